The second kappa shape index (κ2) is 6.33. The number of anilines is 1. The van der Waals surface area contributed by atoms with Crippen molar-refractivity contribution in [2.45, 2.75) is 26.7 Å². The van der Waals surface area contributed by atoms with Crippen molar-refractivity contribution in [3.63, 3.8) is 0 Å². The molecule has 0 fully saturated rings. The SMILES string of the molecule is CC(C)(CCC#N)CNc1cc(C(=O)O)c(F)cc1F. The molecule has 6 heteroatoms. The molecule has 0 unspecified atom stereocenters. The average molecular weight is 282 g/mol. The summed E-state index contributed by atoms with van der Waals surface area (Å²) in [5.41, 5.74) is -0.905. The highest BCUT2D eigenvalue weighted by Gasteiger charge is 2.20. The molecule has 4 nitrogen and oxygen atoms in total. The summed E-state index contributed by atoms with van der Waals surface area (Å²) >= 11 is 0. The predicted octanol–water partition coefficient (Wildman–Crippen LogP) is 3.40. The topological polar surface area (TPSA) is 73.1 Å². The van der Waals surface area contributed by atoms with Crippen LogP contribution in [0.1, 0.15) is 37.0 Å². The number of nitrogens with zero attached hydrogens (tertiary/aromatic N) is 1. The number of aromatic carboxylic acids is 1. The molecule has 20 heavy (non-hydrogen) atoms. The van der Waals surface area contributed by atoms with Gasteiger partial charge in [0.2, 0.25) is 0 Å². The van der Waals surface area contributed by atoms with Gasteiger partial charge in [0.15, 0.2) is 0 Å². The van der Waals surface area contributed by atoms with Gasteiger partial charge in [-0.05, 0) is 17.9 Å². The van der Waals surface area contributed by atoms with Gasteiger partial charge in [0.25, 0.3) is 0 Å². The lowest BCUT2D eigenvalue weighted by atomic mass is 9.88. The van der Waals surface area contributed by atoms with Crippen molar-refractivity contribution in [3.05, 3.63) is 29.3 Å². The minimum Gasteiger partial charge on any atom is -0.478 e. The first-order valence-corrected chi connectivity index (χ1v) is 6.10. The lowest BCUT2D eigenvalue weighted by Gasteiger charge is -2.24. The molecule has 0 aliphatic rings. The number of halogens is 2. The maximum Gasteiger partial charge on any atom is 0.338 e. The molecular weight excluding hydrogens is 266 g/mol. The molecule has 0 aromatic heterocycles. The molecule has 1 aromatic carbocycles. The number of rotatable bonds is 6. The molecule has 0 bridgehead atoms. The van der Waals surface area contributed by atoms with Crippen molar-refractivity contribution in [1.82, 2.24) is 0 Å². The smallest absolute Gasteiger partial charge is 0.338 e. The molecule has 0 amide bonds. The molecular formula is C14H16F2N2O2. The summed E-state index contributed by atoms with van der Waals surface area (Å²) in [7, 11) is 0. The van der Waals surface area contributed by atoms with Crippen molar-refractivity contribution in [3.8, 4) is 6.07 Å². The van der Waals surface area contributed by atoms with E-state index in [-0.39, 0.29) is 11.1 Å². The summed E-state index contributed by atoms with van der Waals surface area (Å²) in [5.74, 6) is -3.40. The van der Waals surface area contributed by atoms with Crippen molar-refractivity contribution >= 4 is 11.7 Å². The average Bonchev–Trinajstić information content (AvgIpc) is 2.35. The predicted molar refractivity (Wildman–Crippen MR) is 70.4 cm³/mol. The van der Waals surface area contributed by atoms with Gasteiger partial charge in [0, 0.05) is 19.0 Å². The molecule has 0 radical (unpaired) electrons. The Morgan fingerprint density at radius 2 is 2.05 bits per heavy atom. The van der Waals surface area contributed by atoms with Gasteiger partial charge in [-0.2, -0.15) is 5.26 Å². The van der Waals surface area contributed by atoms with Crippen molar-refractivity contribution < 1.29 is 18.7 Å². The van der Waals surface area contributed by atoms with E-state index in [1.54, 1.807) is 0 Å². The second-order valence-electron chi connectivity index (χ2n) is 5.29. The van der Waals surface area contributed by atoms with Crippen LogP contribution in [0.25, 0.3) is 0 Å². The van der Waals surface area contributed by atoms with Crippen LogP contribution in [0, 0.1) is 28.4 Å². The van der Waals surface area contributed by atoms with Crippen molar-refractivity contribution in [2.75, 3.05) is 11.9 Å². The van der Waals surface area contributed by atoms with Crippen molar-refractivity contribution in [1.29, 1.82) is 5.26 Å². The number of nitrogens with one attached hydrogen (secondary N) is 1. The first-order valence-electron chi connectivity index (χ1n) is 6.10. The monoisotopic (exact) mass is 282 g/mol. The summed E-state index contributed by atoms with van der Waals surface area (Å²) in [6, 6.07) is 3.52. The standard InChI is InChI=1S/C14H16F2N2O2/c1-14(2,4-3-5-17)8-18-12-6-9(13(19)20)10(15)7-11(12)16/h6-7,18H,3-4,8H2,1-2H3,(H,19,20). The largest absolute Gasteiger partial charge is 0.478 e. The summed E-state index contributed by atoms with van der Waals surface area (Å²) in [4.78, 5) is 10.8. The Morgan fingerprint density at radius 3 is 2.60 bits per heavy atom. The van der Waals surface area contributed by atoms with Gasteiger partial charge in [0.05, 0.1) is 17.3 Å². The molecule has 2 N–H and O–H groups in total. The Balaban J connectivity index is 2.85. The molecule has 0 spiro atoms. The number of carboxylic acids is 1. The number of carbonyl (C=O) groups is 1. The van der Waals surface area contributed by atoms with E-state index in [0.717, 1.165) is 6.07 Å². The zero-order valence-corrected chi connectivity index (χ0v) is 11.3. The lowest BCUT2D eigenvalue weighted by molar-refractivity contribution is 0.0692. The Morgan fingerprint density at radius 1 is 1.40 bits per heavy atom. The molecule has 0 heterocycles. The third kappa shape index (κ3) is 4.19. The highest BCUT2D eigenvalue weighted by atomic mass is 19.1. The van der Waals surface area contributed by atoms with Gasteiger partial charge >= 0.3 is 5.97 Å². The summed E-state index contributed by atoms with van der Waals surface area (Å²) in [5, 5.41) is 20.1. The fourth-order valence-electron chi connectivity index (χ4n) is 1.67. The molecule has 1 rings (SSSR count). The van der Waals surface area contributed by atoms with E-state index < -0.39 is 23.2 Å². The molecule has 0 saturated carbocycles. The van der Waals surface area contributed by atoms with E-state index in [4.69, 9.17) is 10.4 Å². The third-order valence-electron chi connectivity index (χ3n) is 2.96. The third-order valence-corrected chi connectivity index (χ3v) is 2.96. The normalized spacial score (nSPS) is 10.9. The highest BCUT2D eigenvalue weighted by Crippen LogP contribution is 2.25. The minimum absolute atomic E-state index is 0.0613. The van der Waals surface area contributed by atoms with Gasteiger partial charge < -0.3 is 10.4 Å². The zero-order valence-electron chi connectivity index (χ0n) is 11.3. The van der Waals surface area contributed by atoms with Crippen LogP contribution in [0.15, 0.2) is 12.1 Å². The van der Waals surface area contributed by atoms with Gasteiger partial charge in [-0.3, -0.25) is 0 Å². The second-order valence-corrected chi connectivity index (χ2v) is 5.29. The van der Waals surface area contributed by atoms with E-state index in [2.05, 4.69) is 5.32 Å². The van der Waals surface area contributed by atoms with Crippen LogP contribution in [0.5, 0.6) is 0 Å². The maximum atomic E-state index is 13.6. The molecule has 0 atom stereocenters. The molecule has 108 valence electrons. The zero-order chi connectivity index (χ0) is 15.3. The first-order chi connectivity index (χ1) is 9.26. The number of nitriles is 1. The Labute approximate surface area is 116 Å². The van der Waals surface area contributed by atoms with E-state index in [0.29, 0.717) is 25.5 Å². The number of hydrogen-bond acceptors (Lipinski definition) is 3. The van der Waals surface area contributed by atoms with Crippen LogP contribution in [0.3, 0.4) is 0 Å². The van der Waals surface area contributed by atoms with Gasteiger partial charge in [0.1, 0.15) is 11.6 Å². The maximum absolute atomic E-state index is 13.6. The van der Waals surface area contributed by atoms with Crippen LogP contribution in [0.4, 0.5) is 14.5 Å². The van der Waals surface area contributed by atoms with E-state index in [9.17, 15) is 13.6 Å². The van der Waals surface area contributed by atoms with Gasteiger partial charge in [-0.25, -0.2) is 13.6 Å². The summed E-state index contributed by atoms with van der Waals surface area (Å²) in [6.07, 6.45) is 0.992. The minimum atomic E-state index is -1.45. The van der Waals surface area contributed by atoms with Gasteiger partial charge in [-0.1, -0.05) is 13.8 Å². The first kappa shape index (κ1) is 15.9. The van der Waals surface area contributed by atoms with Gasteiger partial charge in [-0.15, -0.1) is 0 Å². The van der Waals surface area contributed by atoms with Crippen LogP contribution in [0.2, 0.25) is 0 Å². The van der Waals surface area contributed by atoms with Crippen molar-refractivity contribution in [2.24, 2.45) is 5.41 Å². The molecule has 0 aliphatic carbocycles. The van der Waals surface area contributed by atoms with Crippen LogP contribution >= 0.6 is 0 Å². The molecule has 1 aromatic rings. The Hall–Kier alpha value is -2.16. The Bertz CT molecular complexity index is 551. The summed E-state index contributed by atoms with van der Waals surface area (Å²) in [6.45, 7) is 4.14. The fourth-order valence-corrected chi connectivity index (χ4v) is 1.67. The lowest BCUT2D eigenvalue weighted by Crippen LogP contribution is -2.23. The highest BCUT2D eigenvalue weighted by molar-refractivity contribution is 5.89. The number of hydrogen-bond donors (Lipinski definition) is 2. The number of benzene rings is 1. The quantitative estimate of drug-likeness (QED) is 0.838. The van der Waals surface area contributed by atoms with Crippen LogP contribution in [-0.4, -0.2) is 17.6 Å². The molecule has 0 aliphatic heterocycles. The van der Waals surface area contributed by atoms with E-state index in [1.807, 2.05) is 19.9 Å². The summed E-state index contributed by atoms with van der Waals surface area (Å²) < 4.78 is 26.8. The fraction of sp³-hybridized carbons (Fsp3) is 0.429. The van der Waals surface area contributed by atoms with Crippen LogP contribution < -0.4 is 5.32 Å². The van der Waals surface area contributed by atoms with E-state index >= 15 is 0 Å². The Kier molecular flexibility index (Phi) is 5.03. The number of carboxylic acid groups (broad SMARTS) is 1. The molecule has 0 saturated heterocycles. The van der Waals surface area contributed by atoms with E-state index in [1.165, 1.54) is 0 Å². The van der Waals surface area contributed by atoms with Crippen LogP contribution in [-0.2, 0) is 0 Å².